The van der Waals surface area contributed by atoms with Crippen LogP contribution in [0.25, 0.3) is 0 Å². The first kappa shape index (κ1) is 16.2. The van der Waals surface area contributed by atoms with Crippen LogP contribution in [0.3, 0.4) is 0 Å². The predicted octanol–water partition coefficient (Wildman–Crippen LogP) is 1.68. The summed E-state index contributed by atoms with van der Waals surface area (Å²) in [5.41, 5.74) is 0.754. The van der Waals surface area contributed by atoms with E-state index in [2.05, 4.69) is 5.32 Å². The summed E-state index contributed by atoms with van der Waals surface area (Å²) in [4.78, 5) is 27.0. The Labute approximate surface area is 133 Å². The van der Waals surface area contributed by atoms with Gasteiger partial charge in [-0.3, -0.25) is 9.59 Å². The fourth-order valence-corrected chi connectivity index (χ4v) is 3.01. The minimum absolute atomic E-state index is 0.103. The fraction of sp³-hybridized carbons (Fsp3) is 0.250. The third-order valence-corrected chi connectivity index (χ3v) is 4.21. The van der Waals surface area contributed by atoms with Gasteiger partial charge in [-0.1, -0.05) is 18.2 Å². The molecule has 0 radical (unpaired) electrons. The number of amides is 2. The number of hydrogen-bond donors (Lipinski definition) is 2. The van der Waals surface area contributed by atoms with E-state index in [4.69, 9.17) is 0 Å². The number of benzene rings is 1. The van der Waals surface area contributed by atoms with Gasteiger partial charge in [-0.2, -0.15) is 0 Å². The highest BCUT2D eigenvalue weighted by atomic mass is 32.1. The third kappa shape index (κ3) is 3.93. The van der Waals surface area contributed by atoms with E-state index in [1.807, 2.05) is 30.3 Å². The molecule has 0 aliphatic heterocycles. The van der Waals surface area contributed by atoms with E-state index in [1.54, 1.807) is 24.1 Å². The maximum absolute atomic E-state index is 12.5. The fourth-order valence-electron chi connectivity index (χ4n) is 2.07. The van der Waals surface area contributed by atoms with Crippen molar-refractivity contribution in [2.24, 2.45) is 0 Å². The van der Waals surface area contributed by atoms with Gasteiger partial charge in [-0.15, -0.1) is 11.3 Å². The van der Waals surface area contributed by atoms with E-state index in [9.17, 15) is 14.7 Å². The Kier molecular flexibility index (Phi) is 5.68. The van der Waals surface area contributed by atoms with Gasteiger partial charge >= 0.3 is 0 Å². The largest absolute Gasteiger partial charge is 0.395 e. The molecule has 2 N–H and O–H groups in total. The highest BCUT2D eigenvalue weighted by Crippen LogP contribution is 2.20. The molecule has 22 heavy (non-hydrogen) atoms. The molecule has 0 unspecified atom stereocenters. The summed E-state index contributed by atoms with van der Waals surface area (Å²) in [5.74, 6) is -0.260. The topological polar surface area (TPSA) is 69.6 Å². The Morgan fingerprint density at radius 1 is 1.18 bits per heavy atom. The SMILES string of the molecule is CNC(=O)c1ccc(CC(=O)N(CCO)c2ccccc2)s1. The number of aliphatic hydroxyl groups excluding tert-OH is 1. The van der Waals surface area contributed by atoms with Crippen LogP contribution in [-0.4, -0.2) is 37.1 Å². The first-order valence-electron chi connectivity index (χ1n) is 6.92. The van der Waals surface area contributed by atoms with Crippen molar-refractivity contribution in [3.05, 3.63) is 52.2 Å². The van der Waals surface area contributed by atoms with E-state index >= 15 is 0 Å². The standard InChI is InChI=1S/C16H18N2O3S/c1-17-16(21)14-8-7-13(22-14)11-15(20)18(9-10-19)12-5-3-2-4-6-12/h2-8,19H,9-11H2,1H3,(H,17,21). The monoisotopic (exact) mass is 318 g/mol. The molecule has 0 aliphatic carbocycles. The molecule has 0 saturated carbocycles. The lowest BCUT2D eigenvalue weighted by Crippen LogP contribution is -2.34. The van der Waals surface area contributed by atoms with Crippen LogP contribution in [0.2, 0.25) is 0 Å². The van der Waals surface area contributed by atoms with Crippen molar-refractivity contribution in [1.82, 2.24) is 5.32 Å². The second kappa shape index (κ2) is 7.72. The molecule has 0 fully saturated rings. The Morgan fingerprint density at radius 2 is 1.91 bits per heavy atom. The number of rotatable bonds is 6. The maximum Gasteiger partial charge on any atom is 0.261 e. The highest BCUT2D eigenvalue weighted by molar-refractivity contribution is 7.14. The van der Waals surface area contributed by atoms with Crippen LogP contribution in [0.15, 0.2) is 42.5 Å². The molecular formula is C16H18N2O3S. The van der Waals surface area contributed by atoms with Crippen molar-refractivity contribution >= 4 is 28.8 Å². The second-order valence-corrected chi connectivity index (χ2v) is 5.79. The molecule has 1 aromatic heterocycles. The van der Waals surface area contributed by atoms with Crippen molar-refractivity contribution < 1.29 is 14.7 Å². The van der Waals surface area contributed by atoms with Crippen molar-refractivity contribution in [2.75, 3.05) is 25.1 Å². The van der Waals surface area contributed by atoms with Crippen LogP contribution in [0.4, 0.5) is 5.69 Å². The minimum Gasteiger partial charge on any atom is -0.395 e. The molecule has 0 bridgehead atoms. The number of nitrogens with one attached hydrogen (secondary N) is 1. The first-order valence-corrected chi connectivity index (χ1v) is 7.74. The number of para-hydroxylation sites is 1. The lowest BCUT2D eigenvalue weighted by molar-refractivity contribution is -0.118. The summed E-state index contributed by atoms with van der Waals surface area (Å²) in [6, 6.07) is 12.7. The van der Waals surface area contributed by atoms with Crippen LogP contribution in [0.1, 0.15) is 14.5 Å². The average molecular weight is 318 g/mol. The number of aliphatic hydroxyl groups is 1. The molecule has 0 atom stereocenters. The van der Waals surface area contributed by atoms with Gasteiger partial charge in [0, 0.05) is 24.2 Å². The van der Waals surface area contributed by atoms with Gasteiger partial charge in [0.25, 0.3) is 5.91 Å². The number of thiophene rings is 1. The molecule has 116 valence electrons. The van der Waals surface area contributed by atoms with E-state index < -0.39 is 0 Å². The van der Waals surface area contributed by atoms with Crippen LogP contribution in [0, 0.1) is 0 Å². The van der Waals surface area contributed by atoms with Crippen LogP contribution in [0.5, 0.6) is 0 Å². The van der Waals surface area contributed by atoms with Crippen molar-refractivity contribution in [1.29, 1.82) is 0 Å². The van der Waals surface area contributed by atoms with Crippen molar-refractivity contribution in [3.63, 3.8) is 0 Å². The van der Waals surface area contributed by atoms with Gasteiger partial charge in [0.2, 0.25) is 5.91 Å². The van der Waals surface area contributed by atoms with Crippen molar-refractivity contribution in [2.45, 2.75) is 6.42 Å². The highest BCUT2D eigenvalue weighted by Gasteiger charge is 2.17. The summed E-state index contributed by atoms with van der Waals surface area (Å²) >= 11 is 1.30. The molecule has 6 heteroatoms. The van der Waals surface area contributed by atoms with E-state index in [-0.39, 0.29) is 31.4 Å². The Bertz CT molecular complexity index is 640. The maximum atomic E-state index is 12.5. The lowest BCUT2D eigenvalue weighted by atomic mass is 10.2. The zero-order valence-electron chi connectivity index (χ0n) is 12.3. The minimum atomic E-state index is -0.154. The summed E-state index contributed by atoms with van der Waals surface area (Å²) in [6.07, 6.45) is 0.205. The molecule has 2 aromatic rings. The molecule has 0 aliphatic rings. The van der Waals surface area contributed by atoms with Crippen molar-refractivity contribution in [3.8, 4) is 0 Å². The summed E-state index contributed by atoms with van der Waals surface area (Å²) < 4.78 is 0. The molecular weight excluding hydrogens is 300 g/mol. The zero-order chi connectivity index (χ0) is 15.9. The lowest BCUT2D eigenvalue weighted by Gasteiger charge is -2.21. The summed E-state index contributed by atoms with van der Waals surface area (Å²) in [7, 11) is 1.57. The quantitative estimate of drug-likeness (QED) is 0.851. The number of hydrogen-bond acceptors (Lipinski definition) is 4. The average Bonchev–Trinajstić information content (AvgIpc) is 3.01. The Hall–Kier alpha value is -2.18. The molecule has 2 rings (SSSR count). The van der Waals surface area contributed by atoms with Gasteiger partial charge in [0.05, 0.1) is 17.9 Å². The van der Waals surface area contributed by atoms with Gasteiger partial charge in [-0.25, -0.2) is 0 Å². The van der Waals surface area contributed by atoms with E-state index in [1.165, 1.54) is 11.3 Å². The van der Waals surface area contributed by atoms with Gasteiger partial charge in [-0.05, 0) is 24.3 Å². The number of carbonyl (C=O) groups excluding carboxylic acids is 2. The number of nitrogens with zero attached hydrogens (tertiary/aromatic N) is 1. The van der Waals surface area contributed by atoms with Crippen LogP contribution in [-0.2, 0) is 11.2 Å². The zero-order valence-corrected chi connectivity index (χ0v) is 13.1. The first-order chi connectivity index (χ1) is 10.7. The number of anilines is 1. The van der Waals surface area contributed by atoms with E-state index in [0.29, 0.717) is 4.88 Å². The van der Waals surface area contributed by atoms with Gasteiger partial charge < -0.3 is 15.3 Å². The van der Waals surface area contributed by atoms with Gasteiger partial charge in [0.15, 0.2) is 0 Å². The predicted molar refractivity (Wildman–Crippen MR) is 87.3 cm³/mol. The smallest absolute Gasteiger partial charge is 0.261 e. The molecule has 5 nitrogen and oxygen atoms in total. The van der Waals surface area contributed by atoms with Crippen LogP contribution < -0.4 is 10.2 Å². The molecule has 0 saturated heterocycles. The molecule has 1 aromatic carbocycles. The molecule has 0 spiro atoms. The van der Waals surface area contributed by atoms with Crippen LogP contribution >= 0.6 is 11.3 Å². The summed E-state index contributed by atoms with van der Waals surface area (Å²) in [5, 5.41) is 11.7. The summed E-state index contributed by atoms with van der Waals surface area (Å²) in [6.45, 7) is 0.144. The Balaban J connectivity index is 2.11. The third-order valence-electron chi connectivity index (χ3n) is 3.13. The normalized spacial score (nSPS) is 10.3. The van der Waals surface area contributed by atoms with E-state index in [0.717, 1.165) is 10.6 Å². The number of carbonyl (C=O) groups is 2. The van der Waals surface area contributed by atoms with Gasteiger partial charge in [0.1, 0.15) is 0 Å². The molecule has 1 heterocycles. The second-order valence-electron chi connectivity index (χ2n) is 4.63. The molecule has 2 amide bonds. The Morgan fingerprint density at radius 3 is 2.55 bits per heavy atom.